The van der Waals surface area contributed by atoms with Crippen LogP contribution in [-0.4, -0.2) is 31.2 Å². The number of anilines is 1. The third-order valence-corrected chi connectivity index (χ3v) is 7.10. The summed E-state index contributed by atoms with van der Waals surface area (Å²) in [5.41, 5.74) is -0.677. The molecule has 38 heavy (non-hydrogen) atoms. The SMILES string of the molecule is O=C1NC(=O)N(c2ccc([N+](=O)[O-])cc2)C(=O)/C1=C/c1cc(Cl)c(OS(=O)(=O)c2ccc(Cl)cc2)c(Cl)c1. The molecule has 194 valence electrons. The molecule has 11 nitrogen and oxygen atoms in total. The maximum atomic E-state index is 13.0. The summed E-state index contributed by atoms with van der Waals surface area (Å²) < 4.78 is 30.3. The fourth-order valence-electron chi connectivity index (χ4n) is 3.28. The first-order valence-electron chi connectivity index (χ1n) is 10.2. The molecule has 0 atom stereocenters. The number of hydrogen-bond acceptors (Lipinski definition) is 8. The van der Waals surface area contributed by atoms with Gasteiger partial charge in [0.05, 0.1) is 20.7 Å². The predicted octanol–water partition coefficient (Wildman–Crippen LogP) is 4.99. The van der Waals surface area contributed by atoms with Crippen molar-refractivity contribution in [1.29, 1.82) is 0 Å². The van der Waals surface area contributed by atoms with Gasteiger partial charge in [-0.25, -0.2) is 9.69 Å². The first-order valence-corrected chi connectivity index (χ1v) is 12.8. The van der Waals surface area contributed by atoms with Crippen LogP contribution in [0.3, 0.4) is 0 Å². The Hall–Kier alpha value is -3.97. The van der Waals surface area contributed by atoms with Crippen LogP contribution in [0.15, 0.2) is 71.1 Å². The summed E-state index contributed by atoms with van der Waals surface area (Å²) in [6.45, 7) is 0. The number of urea groups is 1. The molecule has 3 aromatic rings. The number of imide groups is 2. The third-order valence-electron chi connectivity index (χ3n) is 5.05. The summed E-state index contributed by atoms with van der Waals surface area (Å²) in [6, 6.07) is 11.0. The topological polar surface area (TPSA) is 153 Å². The number of hydrogen-bond donors (Lipinski definition) is 1. The highest BCUT2D eigenvalue weighted by Crippen LogP contribution is 2.37. The molecule has 0 saturated carbocycles. The molecule has 0 radical (unpaired) electrons. The van der Waals surface area contributed by atoms with Crippen molar-refractivity contribution in [1.82, 2.24) is 5.32 Å². The second-order valence-corrected chi connectivity index (χ2v) is 10.3. The number of barbiturate groups is 1. The monoisotopic (exact) mass is 595 g/mol. The van der Waals surface area contributed by atoms with Crippen LogP contribution in [0.5, 0.6) is 5.75 Å². The third kappa shape index (κ3) is 5.48. The number of halogens is 3. The van der Waals surface area contributed by atoms with Crippen LogP contribution in [-0.2, 0) is 19.7 Å². The summed E-state index contributed by atoms with van der Waals surface area (Å²) in [7, 11) is -4.33. The van der Waals surface area contributed by atoms with Crippen molar-refractivity contribution in [3.63, 3.8) is 0 Å². The number of nitrogens with zero attached hydrogens (tertiary/aromatic N) is 2. The van der Waals surface area contributed by atoms with Crippen LogP contribution in [0.25, 0.3) is 6.08 Å². The van der Waals surface area contributed by atoms with E-state index >= 15 is 0 Å². The first-order chi connectivity index (χ1) is 17.9. The zero-order chi connectivity index (χ0) is 27.8. The van der Waals surface area contributed by atoms with Gasteiger partial charge in [0.1, 0.15) is 10.5 Å². The lowest BCUT2D eigenvalue weighted by Gasteiger charge is -2.26. The van der Waals surface area contributed by atoms with Crippen molar-refractivity contribution in [2.24, 2.45) is 0 Å². The number of amides is 4. The molecule has 4 amide bonds. The average Bonchev–Trinajstić information content (AvgIpc) is 2.84. The van der Waals surface area contributed by atoms with Gasteiger partial charge in [0.2, 0.25) is 0 Å². The van der Waals surface area contributed by atoms with Gasteiger partial charge in [-0.2, -0.15) is 8.42 Å². The van der Waals surface area contributed by atoms with Crippen LogP contribution in [0, 0.1) is 10.1 Å². The molecule has 0 spiro atoms. The van der Waals surface area contributed by atoms with Gasteiger partial charge >= 0.3 is 16.1 Å². The zero-order valence-corrected chi connectivity index (χ0v) is 21.6. The zero-order valence-electron chi connectivity index (χ0n) is 18.6. The molecule has 0 unspecified atom stereocenters. The number of nitro groups is 1. The molecule has 1 aliphatic heterocycles. The number of benzene rings is 3. The Labute approximate surface area is 229 Å². The van der Waals surface area contributed by atoms with E-state index in [1.807, 2.05) is 5.32 Å². The van der Waals surface area contributed by atoms with E-state index in [2.05, 4.69) is 0 Å². The van der Waals surface area contributed by atoms with E-state index in [1.165, 1.54) is 48.5 Å². The van der Waals surface area contributed by atoms with Crippen LogP contribution >= 0.6 is 34.8 Å². The molecule has 4 rings (SSSR count). The van der Waals surface area contributed by atoms with Crippen LogP contribution < -0.4 is 14.4 Å². The summed E-state index contributed by atoms with van der Waals surface area (Å²) in [5, 5.41) is 12.7. The van der Waals surface area contributed by atoms with Crippen LogP contribution in [0.1, 0.15) is 5.56 Å². The summed E-state index contributed by atoms with van der Waals surface area (Å²) in [4.78, 5) is 48.4. The minimum absolute atomic E-state index is 0.0243. The second kappa shape index (κ2) is 10.4. The molecule has 1 heterocycles. The van der Waals surface area contributed by atoms with Gasteiger partial charge in [-0.05, 0) is 60.2 Å². The molecule has 0 bridgehead atoms. The fourth-order valence-corrected chi connectivity index (χ4v) is 5.05. The fraction of sp³-hybridized carbons (Fsp3) is 0. The maximum absolute atomic E-state index is 13.0. The Bertz CT molecular complexity index is 1620. The van der Waals surface area contributed by atoms with Crippen molar-refractivity contribution < 1.29 is 31.9 Å². The molecular formula is C23H12Cl3N3O8S. The molecule has 1 saturated heterocycles. The summed E-state index contributed by atoms with van der Waals surface area (Å²) in [5.74, 6) is -2.44. The first kappa shape index (κ1) is 27.1. The largest absolute Gasteiger partial charge is 0.376 e. The van der Waals surface area contributed by atoms with E-state index in [4.69, 9.17) is 39.0 Å². The number of carbonyl (C=O) groups is 3. The highest BCUT2D eigenvalue weighted by molar-refractivity contribution is 7.87. The van der Waals surface area contributed by atoms with E-state index in [-0.39, 0.29) is 31.9 Å². The van der Waals surface area contributed by atoms with Gasteiger partial charge in [0, 0.05) is 17.2 Å². The minimum Gasteiger partial charge on any atom is -0.376 e. The molecule has 15 heteroatoms. The van der Waals surface area contributed by atoms with Gasteiger partial charge in [-0.1, -0.05) is 34.8 Å². The quantitative estimate of drug-likeness (QED) is 0.137. The number of carbonyl (C=O) groups excluding carboxylic acids is 3. The van der Waals surface area contributed by atoms with Gasteiger partial charge < -0.3 is 4.18 Å². The molecule has 3 aromatic carbocycles. The van der Waals surface area contributed by atoms with E-state index in [0.717, 1.165) is 18.2 Å². The molecule has 0 aliphatic carbocycles. The number of rotatable bonds is 6. The van der Waals surface area contributed by atoms with E-state index < -0.39 is 44.2 Å². The van der Waals surface area contributed by atoms with Crippen LogP contribution in [0.4, 0.5) is 16.2 Å². The molecule has 1 fully saturated rings. The maximum Gasteiger partial charge on any atom is 0.339 e. The average molecular weight is 597 g/mol. The van der Waals surface area contributed by atoms with E-state index in [9.17, 15) is 32.9 Å². The molecule has 1 aliphatic rings. The predicted molar refractivity (Wildman–Crippen MR) is 138 cm³/mol. The number of non-ortho nitro benzene ring substituents is 1. The normalized spacial score (nSPS) is 15.0. The van der Waals surface area contributed by atoms with Gasteiger partial charge in [0.15, 0.2) is 5.75 Å². The van der Waals surface area contributed by atoms with E-state index in [0.29, 0.717) is 9.92 Å². The lowest BCUT2D eigenvalue weighted by molar-refractivity contribution is -0.384. The standard InChI is InChI=1S/C23H12Cl3N3O8S/c24-13-1-7-16(8-2-13)38(35,36)37-20-18(25)10-12(11-19(20)26)9-17-21(30)27-23(32)28(22(17)31)14-3-5-15(6-4-14)29(33)34/h1-11H,(H,27,30,32)/b17-9+. The Morgan fingerprint density at radius 3 is 2.05 bits per heavy atom. The second-order valence-electron chi connectivity index (χ2n) is 7.54. The summed E-state index contributed by atoms with van der Waals surface area (Å²) >= 11 is 18.2. The number of nitrogens with one attached hydrogen (secondary N) is 1. The Balaban J connectivity index is 1.65. The molecule has 1 N–H and O–H groups in total. The lowest BCUT2D eigenvalue weighted by atomic mass is 10.1. The Morgan fingerprint density at radius 2 is 1.50 bits per heavy atom. The minimum atomic E-state index is -4.33. The highest BCUT2D eigenvalue weighted by Gasteiger charge is 2.37. The van der Waals surface area contributed by atoms with Crippen molar-refractivity contribution >= 4 is 80.2 Å². The molecular weight excluding hydrogens is 585 g/mol. The highest BCUT2D eigenvalue weighted by atomic mass is 35.5. The van der Waals surface area contributed by atoms with E-state index in [1.54, 1.807) is 0 Å². The van der Waals surface area contributed by atoms with Crippen molar-refractivity contribution in [3.8, 4) is 5.75 Å². The van der Waals surface area contributed by atoms with Gasteiger partial charge in [0.25, 0.3) is 17.5 Å². The van der Waals surface area contributed by atoms with Crippen molar-refractivity contribution in [2.45, 2.75) is 4.90 Å². The van der Waals surface area contributed by atoms with Gasteiger partial charge in [-0.3, -0.25) is 25.0 Å². The Kier molecular flexibility index (Phi) is 7.42. The number of nitro benzene ring substituents is 1. The smallest absolute Gasteiger partial charge is 0.339 e. The summed E-state index contributed by atoms with van der Waals surface area (Å²) in [6.07, 6.45) is 1.08. The lowest BCUT2D eigenvalue weighted by Crippen LogP contribution is -2.54. The van der Waals surface area contributed by atoms with Crippen molar-refractivity contribution in [3.05, 3.63) is 97.0 Å². The van der Waals surface area contributed by atoms with Crippen molar-refractivity contribution in [2.75, 3.05) is 4.90 Å². The molecule has 0 aromatic heterocycles. The van der Waals surface area contributed by atoms with Gasteiger partial charge in [-0.15, -0.1) is 0 Å². The Morgan fingerprint density at radius 1 is 0.921 bits per heavy atom. The van der Waals surface area contributed by atoms with Crippen LogP contribution in [0.2, 0.25) is 15.1 Å².